The first-order chi connectivity index (χ1) is 21.5. The maximum atomic E-state index is 13.9. The normalized spacial score (nSPS) is 16.8. The Labute approximate surface area is 277 Å². The van der Waals surface area contributed by atoms with Gasteiger partial charge in [0, 0.05) is 58.2 Å². The highest BCUT2D eigenvalue weighted by Gasteiger charge is 2.32. The van der Waals surface area contributed by atoms with E-state index in [2.05, 4.69) is 15.5 Å². The molecule has 2 N–H and O–H groups in total. The van der Waals surface area contributed by atoms with Crippen LogP contribution in [0.2, 0.25) is 0 Å². The number of sulfonamides is 1. The van der Waals surface area contributed by atoms with Crippen molar-refractivity contribution in [3.8, 4) is 0 Å². The van der Waals surface area contributed by atoms with E-state index in [1.54, 1.807) is 17.0 Å². The molecular formula is C34H43ClFN5O4S. The molecule has 9 nitrogen and oxygen atoms in total. The number of fused-ring (bicyclic) bond motifs is 1. The van der Waals surface area contributed by atoms with E-state index in [1.807, 2.05) is 62.4 Å². The number of nitrogens with zero attached hydrogens (tertiary/aromatic N) is 3. The van der Waals surface area contributed by atoms with Crippen LogP contribution in [0.5, 0.6) is 0 Å². The van der Waals surface area contributed by atoms with Gasteiger partial charge in [-0.25, -0.2) is 12.8 Å². The molecule has 5 rings (SSSR count). The van der Waals surface area contributed by atoms with Crippen LogP contribution in [-0.2, 0) is 32.6 Å². The molecule has 0 aromatic heterocycles. The Hall–Kier alpha value is -3.67. The quantitative estimate of drug-likeness (QED) is 0.316. The molecule has 0 bridgehead atoms. The van der Waals surface area contributed by atoms with Crippen molar-refractivity contribution >= 4 is 45.6 Å². The number of halogens is 2. The van der Waals surface area contributed by atoms with E-state index in [-0.39, 0.29) is 54.8 Å². The summed E-state index contributed by atoms with van der Waals surface area (Å²) >= 11 is 0. The Kier molecular flexibility index (Phi) is 11.7. The van der Waals surface area contributed by atoms with E-state index < -0.39 is 16.1 Å². The highest BCUT2D eigenvalue weighted by molar-refractivity contribution is 7.92. The fraction of sp³-hybridized carbons (Fsp3) is 0.412. The van der Waals surface area contributed by atoms with Gasteiger partial charge in [0.2, 0.25) is 21.8 Å². The number of anilines is 2. The van der Waals surface area contributed by atoms with Crippen molar-refractivity contribution in [3.63, 3.8) is 0 Å². The predicted octanol–water partition coefficient (Wildman–Crippen LogP) is 4.28. The summed E-state index contributed by atoms with van der Waals surface area (Å²) in [5.41, 5.74) is 4.43. The van der Waals surface area contributed by atoms with Crippen molar-refractivity contribution in [2.75, 3.05) is 48.2 Å². The minimum Gasteiger partial charge on any atom is -0.366 e. The molecule has 3 aromatic carbocycles. The van der Waals surface area contributed by atoms with Crippen molar-refractivity contribution in [3.05, 3.63) is 95.3 Å². The lowest BCUT2D eigenvalue weighted by atomic mass is 10.0. The molecule has 0 saturated carbocycles. The molecule has 0 spiro atoms. The summed E-state index contributed by atoms with van der Waals surface area (Å²) in [6.45, 7) is 6.84. The summed E-state index contributed by atoms with van der Waals surface area (Å²) in [5, 5.41) is 6.37. The van der Waals surface area contributed by atoms with Gasteiger partial charge in [-0.1, -0.05) is 62.4 Å². The Bertz CT molecular complexity index is 1610. The van der Waals surface area contributed by atoms with Gasteiger partial charge in [0.15, 0.2) is 0 Å². The number of hydrogen-bond donors (Lipinski definition) is 2. The number of piperazine rings is 1. The Morgan fingerprint density at radius 3 is 2.30 bits per heavy atom. The Balaban J connectivity index is 0.00000480. The van der Waals surface area contributed by atoms with E-state index in [1.165, 1.54) is 22.7 Å². The Morgan fingerprint density at radius 1 is 0.978 bits per heavy atom. The smallest absolute Gasteiger partial charge is 0.245 e. The third-order valence-electron chi connectivity index (χ3n) is 8.36. The highest BCUT2D eigenvalue weighted by atomic mass is 35.5. The standard InChI is InChI=1S/C34H42FN5O4S.ClH/c1-24(2)23-40(45(3,43)44)32-11-7-6-10-31(32)38-16-18-39(19-17-38)34(42)30(20-25-12-14-27(35)15-13-25)37-33(41)21-29-28-9-5-4-8-26(28)22-36-29;/h4-15,24,29-30,36H,16-23H2,1-3H3,(H,37,41);1H/t29?,30-;/m1./s1. The fourth-order valence-electron chi connectivity index (χ4n) is 6.13. The summed E-state index contributed by atoms with van der Waals surface area (Å²) in [7, 11) is -3.51. The molecule has 3 aromatic rings. The summed E-state index contributed by atoms with van der Waals surface area (Å²) in [4.78, 5) is 31.1. The zero-order chi connectivity index (χ0) is 32.1. The van der Waals surface area contributed by atoms with Gasteiger partial charge in [0.05, 0.1) is 17.6 Å². The van der Waals surface area contributed by atoms with Crippen molar-refractivity contribution in [2.24, 2.45) is 5.92 Å². The number of nitrogens with one attached hydrogen (secondary N) is 2. The number of amides is 2. The molecular weight excluding hydrogens is 629 g/mol. The Morgan fingerprint density at radius 2 is 1.63 bits per heavy atom. The molecule has 1 fully saturated rings. The van der Waals surface area contributed by atoms with Crippen LogP contribution in [0.25, 0.3) is 0 Å². The van der Waals surface area contributed by atoms with Crippen molar-refractivity contribution in [2.45, 2.75) is 45.3 Å². The molecule has 0 radical (unpaired) electrons. The first-order valence-electron chi connectivity index (χ1n) is 15.4. The zero-order valence-electron chi connectivity index (χ0n) is 26.5. The van der Waals surface area contributed by atoms with Crippen molar-refractivity contribution < 1.29 is 22.4 Å². The van der Waals surface area contributed by atoms with Crippen LogP contribution in [0.15, 0.2) is 72.8 Å². The first-order valence-corrected chi connectivity index (χ1v) is 17.3. The van der Waals surface area contributed by atoms with Gasteiger partial charge in [-0.3, -0.25) is 13.9 Å². The van der Waals surface area contributed by atoms with Gasteiger partial charge in [0.25, 0.3) is 0 Å². The third-order valence-corrected chi connectivity index (χ3v) is 9.51. The lowest BCUT2D eigenvalue weighted by Crippen LogP contribution is -2.56. The van der Waals surface area contributed by atoms with Crippen LogP contribution in [0.3, 0.4) is 0 Å². The van der Waals surface area contributed by atoms with E-state index in [0.29, 0.717) is 45.0 Å². The summed E-state index contributed by atoms with van der Waals surface area (Å²) in [6, 6.07) is 20.5. The average molecular weight is 672 g/mol. The van der Waals surface area contributed by atoms with Crippen LogP contribution < -0.4 is 19.8 Å². The van der Waals surface area contributed by atoms with Crippen LogP contribution in [-0.4, -0.2) is 70.2 Å². The molecule has 2 aliphatic heterocycles. The molecule has 2 heterocycles. The highest BCUT2D eigenvalue weighted by Crippen LogP contribution is 2.32. The molecule has 2 amide bonds. The van der Waals surface area contributed by atoms with Gasteiger partial charge in [-0.05, 0) is 46.9 Å². The molecule has 12 heteroatoms. The second-order valence-corrected chi connectivity index (χ2v) is 14.2. The van der Waals surface area contributed by atoms with E-state index in [9.17, 15) is 22.4 Å². The topological polar surface area (TPSA) is 102 Å². The number of para-hydroxylation sites is 2. The van der Waals surface area contributed by atoms with Crippen molar-refractivity contribution in [1.82, 2.24) is 15.5 Å². The molecule has 2 aliphatic rings. The molecule has 1 unspecified atom stereocenters. The number of hydrogen-bond acceptors (Lipinski definition) is 6. The van der Waals surface area contributed by atoms with Crippen LogP contribution >= 0.6 is 12.4 Å². The van der Waals surface area contributed by atoms with Crippen LogP contribution in [0.1, 0.15) is 43.0 Å². The van der Waals surface area contributed by atoms with Crippen molar-refractivity contribution in [1.29, 1.82) is 0 Å². The van der Waals surface area contributed by atoms with E-state index in [0.717, 1.165) is 22.4 Å². The van der Waals surface area contributed by atoms with E-state index in [4.69, 9.17) is 0 Å². The molecule has 2 atom stereocenters. The lowest BCUT2D eigenvalue weighted by Gasteiger charge is -2.39. The molecule has 46 heavy (non-hydrogen) atoms. The van der Waals surface area contributed by atoms with Gasteiger partial charge in [0.1, 0.15) is 11.9 Å². The number of carbonyl (C=O) groups is 2. The summed E-state index contributed by atoms with van der Waals surface area (Å²) in [6.07, 6.45) is 1.66. The van der Waals surface area contributed by atoms with Gasteiger partial charge in [-0.2, -0.15) is 0 Å². The molecule has 0 aliphatic carbocycles. The zero-order valence-corrected chi connectivity index (χ0v) is 28.1. The fourth-order valence-corrected chi connectivity index (χ4v) is 7.21. The predicted molar refractivity (Wildman–Crippen MR) is 182 cm³/mol. The largest absolute Gasteiger partial charge is 0.366 e. The summed E-state index contributed by atoms with van der Waals surface area (Å²) in [5.74, 6) is -0.660. The van der Waals surface area contributed by atoms with E-state index >= 15 is 0 Å². The molecule has 1 saturated heterocycles. The monoisotopic (exact) mass is 671 g/mol. The maximum Gasteiger partial charge on any atom is 0.245 e. The number of rotatable bonds is 11. The minimum atomic E-state index is -3.51. The van der Waals surface area contributed by atoms with Crippen LogP contribution in [0.4, 0.5) is 15.8 Å². The average Bonchev–Trinajstić information content (AvgIpc) is 3.42. The SMILES string of the molecule is CC(C)CN(c1ccccc1N1CCN(C(=O)[C@@H](Cc2ccc(F)cc2)NC(=O)CC2NCc3ccccc32)CC1)S(C)(=O)=O.Cl. The van der Waals surface area contributed by atoms with Gasteiger partial charge >= 0.3 is 0 Å². The minimum absolute atomic E-state index is 0. The van der Waals surface area contributed by atoms with Crippen LogP contribution in [0, 0.1) is 11.7 Å². The number of carbonyl (C=O) groups excluding carboxylic acids is 2. The molecule has 248 valence electrons. The lowest BCUT2D eigenvalue weighted by molar-refractivity contribution is -0.136. The number of benzene rings is 3. The second kappa shape index (κ2) is 15.3. The summed E-state index contributed by atoms with van der Waals surface area (Å²) < 4.78 is 40.6. The second-order valence-electron chi connectivity index (χ2n) is 12.3. The van der Waals surface area contributed by atoms with Gasteiger partial charge < -0.3 is 20.4 Å². The maximum absolute atomic E-state index is 13.9. The first kappa shape index (κ1) is 35.2. The third kappa shape index (κ3) is 8.57. The van der Waals surface area contributed by atoms with Gasteiger partial charge in [-0.15, -0.1) is 12.4 Å².